The Morgan fingerprint density at radius 3 is 0.787 bits per heavy atom. The third-order valence-electron chi connectivity index (χ3n) is 14.8. The van der Waals surface area contributed by atoms with Crippen LogP contribution in [-0.2, 0) is 28.6 Å². The van der Waals surface area contributed by atoms with Crippen molar-refractivity contribution in [2.75, 3.05) is 13.2 Å². The molecule has 80 heavy (non-hydrogen) atoms. The van der Waals surface area contributed by atoms with Gasteiger partial charge in [0.1, 0.15) is 13.2 Å². The van der Waals surface area contributed by atoms with E-state index in [4.69, 9.17) is 14.2 Å². The van der Waals surface area contributed by atoms with E-state index in [0.717, 1.165) is 109 Å². The van der Waals surface area contributed by atoms with Crippen LogP contribution >= 0.6 is 0 Å². The number of rotatable bonds is 62. The van der Waals surface area contributed by atoms with Crippen LogP contribution in [0.1, 0.15) is 335 Å². The molecule has 1 atom stereocenters. The highest BCUT2D eigenvalue weighted by Gasteiger charge is 2.19. The summed E-state index contributed by atoms with van der Waals surface area (Å²) in [5.74, 6) is -0.906. The van der Waals surface area contributed by atoms with Crippen molar-refractivity contribution in [1.82, 2.24) is 0 Å². The number of hydrogen-bond donors (Lipinski definition) is 0. The third kappa shape index (κ3) is 65.1. The van der Waals surface area contributed by atoms with E-state index in [2.05, 4.69) is 118 Å². The highest BCUT2D eigenvalue weighted by Crippen LogP contribution is 2.17. The highest BCUT2D eigenvalue weighted by molar-refractivity contribution is 5.71. The number of carbonyl (C=O) groups is 3. The van der Waals surface area contributed by atoms with E-state index in [9.17, 15) is 14.4 Å². The molecule has 0 aromatic heterocycles. The largest absolute Gasteiger partial charge is 0.462 e. The van der Waals surface area contributed by atoms with Gasteiger partial charge in [-0.25, -0.2) is 0 Å². The van der Waals surface area contributed by atoms with Gasteiger partial charge < -0.3 is 14.2 Å². The van der Waals surface area contributed by atoms with Gasteiger partial charge in [-0.2, -0.15) is 0 Å². The first-order valence-corrected chi connectivity index (χ1v) is 34.2. The van der Waals surface area contributed by atoms with Crippen LogP contribution in [0, 0.1) is 0 Å². The van der Waals surface area contributed by atoms with Gasteiger partial charge in [-0.15, -0.1) is 0 Å². The van der Waals surface area contributed by atoms with Crippen LogP contribution in [0.5, 0.6) is 0 Å². The zero-order chi connectivity index (χ0) is 57.8. The Balaban J connectivity index is 4.34. The number of esters is 3. The molecular weight excluding hydrogens is 985 g/mol. The lowest BCUT2D eigenvalue weighted by molar-refractivity contribution is -0.167. The second kappa shape index (κ2) is 67.8. The molecule has 0 fully saturated rings. The maximum absolute atomic E-state index is 12.9. The van der Waals surface area contributed by atoms with Crippen molar-refractivity contribution < 1.29 is 28.6 Å². The van der Waals surface area contributed by atoms with Gasteiger partial charge in [0.15, 0.2) is 6.10 Å². The van der Waals surface area contributed by atoms with Crippen molar-refractivity contribution in [2.24, 2.45) is 0 Å². The van der Waals surface area contributed by atoms with Gasteiger partial charge in [-0.3, -0.25) is 14.4 Å². The smallest absolute Gasteiger partial charge is 0.306 e. The van der Waals surface area contributed by atoms with E-state index in [1.165, 1.54) is 186 Å². The predicted octanol–water partition coefficient (Wildman–Crippen LogP) is 23.6. The van der Waals surface area contributed by atoms with Crippen molar-refractivity contribution in [1.29, 1.82) is 0 Å². The summed E-state index contributed by atoms with van der Waals surface area (Å²) in [5.41, 5.74) is 0. The van der Waals surface area contributed by atoms with Gasteiger partial charge in [0.05, 0.1) is 0 Å². The van der Waals surface area contributed by atoms with E-state index in [-0.39, 0.29) is 31.1 Å². The van der Waals surface area contributed by atoms with Crippen molar-refractivity contribution >= 4 is 17.9 Å². The van der Waals surface area contributed by atoms with E-state index >= 15 is 0 Å². The molecule has 0 bridgehead atoms. The lowest BCUT2D eigenvalue weighted by Gasteiger charge is -2.18. The van der Waals surface area contributed by atoms with Crippen LogP contribution in [0.25, 0.3) is 0 Å². The van der Waals surface area contributed by atoms with Crippen molar-refractivity contribution in [3.8, 4) is 0 Å². The van der Waals surface area contributed by atoms with Crippen LogP contribution in [-0.4, -0.2) is 37.2 Å². The molecule has 0 heterocycles. The summed E-state index contributed by atoms with van der Waals surface area (Å²) in [6, 6.07) is 0. The Morgan fingerprint density at radius 1 is 0.263 bits per heavy atom. The highest BCUT2D eigenvalue weighted by atomic mass is 16.6. The Bertz CT molecular complexity index is 1560. The molecule has 0 saturated heterocycles. The minimum absolute atomic E-state index is 0.0852. The molecule has 1 unspecified atom stereocenters. The van der Waals surface area contributed by atoms with Gasteiger partial charge in [0.25, 0.3) is 0 Å². The monoisotopic (exact) mass is 1110 g/mol. The van der Waals surface area contributed by atoms with Gasteiger partial charge in [0, 0.05) is 19.3 Å². The predicted molar refractivity (Wildman–Crippen MR) is 348 cm³/mol. The molecule has 0 aliphatic heterocycles. The van der Waals surface area contributed by atoms with E-state index in [0.29, 0.717) is 19.3 Å². The number of hydrogen-bond acceptors (Lipinski definition) is 6. The van der Waals surface area contributed by atoms with Crippen LogP contribution in [0.3, 0.4) is 0 Å². The zero-order valence-corrected chi connectivity index (χ0v) is 52.8. The maximum atomic E-state index is 12.9. The first-order valence-electron chi connectivity index (χ1n) is 34.2. The Morgan fingerprint density at radius 2 is 0.487 bits per heavy atom. The molecule has 0 aliphatic carbocycles. The maximum Gasteiger partial charge on any atom is 0.306 e. The summed E-state index contributed by atoms with van der Waals surface area (Å²) in [6.07, 6.45) is 91.4. The molecule has 0 aliphatic rings. The summed E-state index contributed by atoms with van der Waals surface area (Å²) < 4.78 is 16.9. The molecule has 0 aromatic rings. The second-order valence-corrected chi connectivity index (χ2v) is 22.7. The zero-order valence-electron chi connectivity index (χ0n) is 52.8. The summed E-state index contributed by atoms with van der Waals surface area (Å²) in [4.78, 5) is 38.4. The number of carbonyl (C=O) groups excluding carboxylic acids is 3. The van der Waals surface area contributed by atoms with E-state index in [1.807, 2.05) is 0 Å². The van der Waals surface area contributed by atoms with Crippen molar-refractivity contribution in [3.63, 3.8) is 0 Å². The molecule has 0 radical (unpaired) electrons. The van der Waals surface area contributed by atoms with Crippen LogP contribution in [0.4, 0.5) is 0 Å². The molecule has 0 aromatic carbocycles. The minimum Gasteiger partial charge on any atom is -0.462 e. The summed E-state index contributed by atoms with van der Waals surface area (Å²) >= 11 is 0. The first-order chi connectivity index (χ1) is 39.5. The number of unbranched alkanes of at least 4 members (excludes halogenated alkanes) is 35. The van der Waals surface area contributed by atoms with E-state index in [1.54, 1.807) is 0 Å². The number of ether oxygens (including phenoxy) is 3. The molecular formula is C74H128O6. The SMILES string of the molecule is CC/C=C\C/C=C\C/C=C\C/C=C\C/C=C\C/C=C\C/C=C\CCCCCC(=O)OCC(COC(=O)CCCCCCCCCCCCCC)OC(=O)CCCCCCCCCCCCCCC/C=C\CCCCCCCCCC. The molecule has 0 saturated carbocycles. The first kappa shape index (κ1) is 76.3. The fourth-order valence-corrected chi connectivity index (χ4v) is 9.71. The normalized spacial score (nSPS) is 12.7. The van der Waals surface area contributed by atoms with Gasteiger partial charge in [-0.05, 0) is 103 Å². The fourth-order valence-electron chi connectivity index (χ4n) is 9.71. The van der Waals surface area contributed by atoms with E-state index < -0.39 is 6.10 Å². The van der Waals surface area contributed by atoms with Crippen LogP contribution in [0.15, 0.2) is 97.2 Å². The molecule has 6 nitrogen and oxygen atoms in total. The molecule has 6 heteroatoms. The van der Waals surface area contributed by atoms with Crippen molar-refractivity contribution in [3.05, 3.63) is 97.2 Å². The van der Waals surface area contributed by atoms with Crippen LogP contribution in [0.2, 0.25) is 0 Å². The number of allylic oxidation sites excluding steroid dienone is 16. The minimum atomic E-state index is -0.792. The molecule has 0 amide bonds. The summed E-state index contributed by atoms with van der Waals surface area (Å²) in [7, 11) is 0. The van der Waals surface area contributed by atoms with Gasteiger partial charge >= 0.3 is 17.9 Å². The Labute approximate surface area is 496 Å². The quantitative estimate of drug-likeness (QED) is 0.0261. The molecule has 460 valence electrons. The molecule has 0 spiro atoms. The van der Waals surface area contributed by atoms with Crippen LogP contribution < -0.4 is 0 Å². The Kier molecular flexibility index (Phi) is 64.7. The Hall–Kier alpha value is -3.67. The van der Waals surface area contributed by atoms with Crippen molar-refractivity contribution in [2.45, 2.75) is 341 Å². The third-order valence-corrected chi connectivity index (χ3v) is 14.8. The summed E-state index contributed by atoms with van der Waals surface area (Å²) in [5, 5.41) is 0. The fraction of sp³-hybridized carbons (Fsp3) is 0.743. The average molecular weight is 1110 g/mol. The van der Waals surface area contributed by atoms with Gasteiger partial charge in [0.2, 0.25) is 0 Å². The standard InChI is InChI=1S/C74H128O6/c1-4-7-10-13-16-19-22-25-27-29-31-33-35-37-39-41-43-45-47-49-52-55-58-61-64-67-73(76)79-70-71(69-78-72(75)66-63-60-57-54-51-24-21-18-15-12-9-6-3)80-74(77)68-65-62-59-56-53-50-48-46-44-42-40-38-36-34-32-30-28-26-23-20-17-14-11-8-5-2/h7,10,16,19,25,27,30-33,37,39,43,45,49,52,71H,4-6,8-9,11-15,17-18,20-24,26,28-29,34-36,38,40-42,44,46-48,50-51,53-70H2,1-3H3/b10-7-,19-16-,27-25-,32-30-,33-31-,39-37-,45-43-,52-49-. The lowest BCUT2D eigenvalue weighted by atomic mass is 10.0. The second-order valence-electron chi connectivity index (χ2n) is 22.7. The molecule has 0 N–H and O–H groups in total. The topological polar surface area (TPSA) is 78.9 Å². The average Bonchev–Trinajstić information content (AvgIpc) is 3.46. The summed E-state index contributed by atoms with van der Waals surface area (Å²) in [6.45, 7) is 6.53. The molecule has 0 rings (SSSR count). The lowest BCUT2D eigenvalue weighted by Crippen LogP contribution is -2.30. The van der Waals surface area contributed by atoms with Gasteiger partial charge in [-0.1, -0.05) is 311 Å².